The van der Waals surface area contributed by atoms with Crippen molar-refractivity contribution < 1.29 is 4.92 Å². The Hall–Kier alpha value is -2.37. The molecule has 0 amide bonds. The molecule has 1 aromatic heterocycles. The van der Waals surface area contributed by atoms with Gasteiger partial charge < -0.3 is 5.73 Å². The van der Waals surface area contributed by atoms with Crippen LogP contribution >= 0.6 is 0 Å². The summed E-state index contributed by atoms with van der Waals surface area (Å²) in [6.45, 7) is 8.38. The summed E-state index contributed by atoms with van der Waals surface area (Å²) < 4.78 is 1.48. The highest BCUT2D eigenvalue weighted by Gasteiger charge is 2.22. The van der Waals surface area contributed by atoms with Crippen LogP contribution in [0.25, 0.3) is 0 Å². The van der Waals surface area contributed by atoms with Crippen LogP contribution in [0.4, 0.5) is 11.5 Å². The molecule has 2 N–H and O–H groups in total. The summed E-state index contributed by atoms with van der Waals surface area (Å²) in [6.07, 6.45) is 1.19. The Bertz CT molecular complexity index is 653. The SMILES string of the molecule is CC(c1ccc(C(C)(C)C)cc1)n1ncc([N+](=O)[O-])c1N. The van der Waals surface area contributed by atoms with Gasteiger partial charge in [-0.2, -0.15) is 5.10 Å². The number of nitrogens with two attached hydrogens (primary N) is 1. The molecule has 1 atom stereocenters. The molecule has 0 radical (unpaired) electrons. The minimum atomic E-state index is -0.520. The summed E-state index contributed by atoms with van der Waals surface area (Å²) in [5.74, 6) is 0.0763. The molecule has 2 rings (SSSR count). The second kappa shape index (κ2) is 5.20. The molecule has 0 fully saturated rings. The van der Waals surface area contributed by atoms with Crippen molar-refractivity contribution in [1.82, 2.24) is 9.78 Å². The van der Waals surface area contributed by atoms with Crippen LogP contribution in [0.1, 0.15) is 44.9 Å². The molecule has 1 aromatic carbocycles. The quantitative estimate of drug-likeness (QED) is 0.693. The highest BCUT2D eigenvalue weighted by molar-refractivity contribution is 5.52. The normalized spacial score (nSPS) is 13.1. The molecule has 0 saturated heterocycles. The molecule has 1 unspecified atom stereocenters. The third kappa shape index (κ3) is 2.89. The van der Waals surface area contributed by atoms with Gasteiger partial charge in [0.2, 0.25) is 5.82 Å². The van der Waals surface area contributed by atoms with E-state index in [-0.39, 0.29) is 23.0 Å². The van der Waals surface area contributed by atoms with Gasteiger partial charge in [-0.15, -0.1) is 0 Å². The van der Waals surface area contributed by atoms with Gasteiger partial charge in [0, 0.05) is 0 Å². The Morgan fingerprint density at radius 2 is 1.86 bits per heavy atom. The molecule has 0 aliphatic heterocycles. The van der Waals surface area contributed by atoms with Crippen molar-refractivity contribution in [1.29, 1.82) is 0 Å². The Morgan fingerprint density at radius 1 is 1.29 bits per heavy atom. The van der Waals surface area contributed by atoms with E-state index in [1.807, 2.05) is 19.1 Å². The minimum absolute atomic E-state index is 0.0763. The number of nitrogen functional groups attached to an aromatic ring is 1. The number of hydrogen-bond acceptors (Lipinski definition) is 4. The average molecular weight is 288 g/mol. The zero-order valence-electron chi connectivity index (χ0n) is 12.7. The smallest absolute Gasteiger partial charge is 0.330 e. The number of anilines is 1. The van der Waals surface area contributed by atoms with Gasteiger partial charge in [-0.3, -0.25) is 10.1 Å². The fourth-order valence-corrected chi connectivity index (χ4v) is 2.21. The van der Waals surface area contributed by atoms with Crippen molar-refractivity contribution in [3.8, 4) is 0 Å². The van der Waals surface area contributed by atoms with Gasteiger partial charge in [-0.25, -0.2) is 4.68 Å². The number of hydrogen-bond donors (Lipinski definition) is 1. The van der Waals surface area contributed by atoms with E-state index in [2.05, 4.69) is 38.0 Å². The van der Waals surface area contributed by atoms with Crippen LogP contribution < -0.4 is 5.73 Å². The third-order valence-electron chi connectivity index (χ3n) is 3.64. The van der Waals surface area contributed by atoms with Crippen LogP contribution in [0.15, 0.2) is 30.5 Å². The summed E-state index contributed by atoms with van der Waals surface area (Å²) in [6, 6.07) is 8.00. The van der Waals surface area contributed by atoms with Crippen molar-refractivity contribution >= 4 is 11.5 Å². The van der Waals surface area contributed by atoms with Crippen molar-refractivity contribution in [3.05, 3.63) is 51.7 Å². The molecular formula is C15H20N4O2. The van der Waals surface area contributed by atoms with Crippen LogP contribution in [-0.2, 0) is 5.41 Å². The van der Waals surface area contributed by atoms with Crippen molar-refractivity contribution in [2.75, 3.05) is 5.73 Å². The molecule has 1 heterocycles. The summed E-state index contributed by atoms with van der Waals surface area (Å²) in [7, 11) is 0. The van der Waals surface area contributed by atoms with Crippen molar-refractivity contribution in [3.63, 3.8) is 0 Å². The van der Waals surface area contributed by atoms with Crippen LogP contribution in [0.5, 0.6) is 0 Å². The lowest BCUT2D eigenvalue weighted by Gasteiger charge is -2.20. The number of aromatic nitrogens is 2. The number of benzene rings is 1. The first-order valence-electron chi connectivity index (χ1n) is 6.79. The average Bonchev–Trinajstić information content (AvgIpc) is 2.79. The van der Waals surface area contributed by atoms with E-state index in [1.54, 1.807) is 0 Å². The summed E-state index contributed by atoms with van der Waals surface area (Å²) in [5, 5.41) is 14.9. The molecule has 6 heteroatoms. The van der Waals surface area contributed by atoms with Crippen molar-refractivity contribution in [2.45, 2.75) is 39.2 Å². The van der Waals surface area contributed by atoms with Gasteiger partial charge in [-0.05, 0) is 23.5 Å². The van der Waals surface area contributed by atoms with Crippen LogP contribution in [0.3, 0.4) is 0 Å². The molecule has 2 aromatic rings. The molecule has 0 saturated carbocycles. The number of rotatable bonds is 3. The van der Waals surface area contributed by atoms with Gasteiger partial charge in [0.05, 0.1) is 11.0 Å². The van der Waals surface area contributed by atoms with Crippen LogP contribution in [0.2, 0.25) is 0 Å². The molecule has 0 aliphatic rings. The summed E-state index contributed by atoms with van der Waals surface area (Å²) in [5.41, 5.74) is 7.97. The predicted octanol–water partition coefficient (Wildman–Crippen LogP) is 3.28. The molecule has 112 valence electrons. The Morgan fingerprint density at radius 3 is 2.29 bits per heavy atom. The maximum Gasteiger partial charge on any atom is 0.330 e. The lowest BCUT2D eigenvalue weighted by Crippen LogP contribution is -2.14. The van der Waals surface area contributed by atoms with Crippen molar-refractivity contribution in [2.24, 2.45) is 0 Å². The molecular weight excluding hydrogens is 268 g/mol. The standard InChI is InChI=1S/C15H20N4O2/c1-10(18-14(16)13(9-17-18)19(20)21)11-5-7-12(8-6-11)15(2,3)4/h5-10H,16H2,1-4H3. The van der Waals surface area contributed by atoms with E-state index in [9.17, 15) is 10.1 Å². The third-order valence-corrected chi connectivity index (χ3v) is 3.64. The number of nitrogens with zero attached hydrogens (tertiary/aromatic N) is 3. The first-order chi connectivity index (χ1) is 9.71. The second-order valence-electron chi connectivity index (χ2n) is 6.16. The van der Waals surface area contributed by atoms with Crippen LogP contribution in [0, 0.1) is 10.1 Å². The zero-order valence-corrected chi connectivity index (χ0v) is 12.7. The Labute approximate surface area is 123 Å². The van der Waals surface area contributed by atoms with Gasteiger partial charge in [-0.1, -0.05) is 45.0 Å². The summed E-state index contributed by atoms with van der Waals surface area (Å²) >= 11 is 0. The summed E-state index contributed by atoms with van der Waals surface area (Å²) in [4.78, 5) is 10.3. The largest absolute Gasteiger partial charge is 0.378 e. The predicted molar refractivity (Wildman–Crippen MR) is 82.2 cm³/mol. The molecule has 0 spiro atoms. The highest BCUT2D eigenvalue weighted by atomic mass is 16.6. The van der Waals surface area contributed by atoms with E-state index in [0.717, 1.165) is 5.56 Å². The Balaban J connectivity index is 2.32. The molecule has 21 heavy (non-hydrogen) atoms. The monoisotopic (exact) mass is 288 g/mol. The van der Waals surface area contributed by atoms with Gasteiger partial charge in [0.25, 0.3) is 0 Å². The second-order valence-corrected chi connectivity index (χ2v) is 6.16. The lowest BCUT2D eigenvalue weighted by atomic mass is 9.86. The zero-order chi connectivity index (χ0) is 15.8. The fourth-order valence-electron chi connectivity index (χ4n) is 2.21. The maximum absolute atomic E-state index is 10.8. The Kier molecular flexibility index (Phi) is 3.72. The van der Waals surface area contributed by atoms with E-state index in [1.165, 1.54) is 16.4 Å². The molecule has 0 bridgehead atoms. The van der Waals surface area contributed by atoms with E-state index in [0.29, 0.717) is 0 Å². The molecule has 6 nitrogen and oxygen atoms in total. The van der Waals surface area contributed by atoms with E-state index >= 15 is 0 Å². The number of nitro groups is 1. The van der Waals surface area contributed by atoms with E-state index < -0.39 is 4.92 Å². The first kappa shape index (κ1) is 15.0. The van der Waals surface area contributed by atoms with E-state index in [4.69, 9.17) is 5.73 Å². The maximum atomic E-state index is 10.8. The minimum Gasteiger partial charge on any atom is -0.378 e. The van der Waals surface area contributed by atoms with Gasteiger partial charge >= 0.3 is 5.69 Å². The van der Waals surface area contributed by atoms with Gasteiger partial charge in [0.1, 0.15) is 6.20 Å². The van der Waals surface area contributed by atoms with Gasteiger partial charge in [0.15, 0.2) is 0 Å². The van der Waals surface area contributed by atoms with Crippen LogP contribution in [-0.4, -0.2) is 14.7 Å². The molecule has 0 aliphatic carbocycles. The topological polar surface area (TPSA) is 87.0 Å². The lowest BCUT2D eigenvalue weighted by molar-refractivity contribution is -0.384. The fraction of sp³-hybridized carbons (Fsp3) is 0.400. The first-order valence-corrected chi connectivity index (χ1v) is 6.79. The highest BCUT2D eigenvalue weighted by Crippen LogP contribution is 2.28.